The first kappa shape index (κ1) is 16.0. The zero-order valence-corrected chi connectivity index (χ0v) is 12.0. The van der Waals surface area contributed by atoms with Gasteiger partial charge < -0.3 is 14.6 Å². The summed E-state index contributed by atoms with van der Waals surface area (Å²) in [6.07, 6.45) is 2.22. The number of carbonyl (C=O) groups excluding carboxylic acids is 1. The van der Waals surface area contributed by atoms with E-state index in [4.69, 9.17) is 9.47 Å². The Balaban J connectivity index is 2.48. The minimum atomic E-state index is -0.919. The van der Waals surface area contributed by atoms with Gasteiger partial charge in [0.05, 0.1) is 12.3 Å². The fourth-order valence-electron chi connectivity index (χ4n) is 2.24. The van der Waals surface area contributed by atoms with Crippen LogP contribution in [0, 0.1) is 11.8 Å². The van der Waals surface area contributed by atoms with Crippen molar-refractivity contribution in [1.82, 2.24) is 0 Å². The Morgan fingerprint density at radius 2 is 1.89 bits per heavy atom. The molecule has 1 heterocycles. The van der Waals surface area contributed by atoms with Crippen LogP contribution in [0.15, 0.2) is 0 Å². The maximum absolute atomic E-state index is 11.7. The molecule has 1 atom stereocenters. The number of carboxylic acid groups (broad SMARTS) is 1. The van der Waals surface area contributed by atoms with Gasteiger partial charge in [-0.05, 0) is 46.0 Å². The third kappa shape index (κ3) is 6.57. The molecule has 0 aromatic rings. The summed E-state index contributed by atoms with van der Waals surface area (Å²) in [5.41, 5.74) is -0.571. The molecule has 5 nitrogen and oxygen atoms in total. The molecule has 0 saturated carbocycles. The molecule has 1 rings (SSSR count). The standard InChI is InChI=1S/C14H24O5/c1-14(2,3)19-12(15)9-11(13(16)17)8-10-4-6-18-7-5-10/h10-11H,4-9H2,1-3H3,(H,16,17)/t11-/m1/s1. The topological polar surface area (TPSA) is 72.8 Å². The number of rotatable bonds is 5. The van der Waals surface area contributed by atoms with Crippen molar-refractivity contribution in [3.05, 3.63) is 0 Å². The van der Waals surface area contributed by atoms with E-state index in [1.165, 1.54) is 0 Å². The fraction of sp³-hybridized carbons (Fsp3) is 0.857. The first-order valence-electron chi connectivity index (χ1n) is 6.80. The van der Waals surface area contributed by atoms with Gasteiger partial charge in [-0.2, -0.15) is 0 Å². The van der Waals surface area contributed by atoms with Crippen LogP contribution in [0.4, 0.5) is 0 Å². The van der Waals surface area contributed by atoms with E-state index < -0.39 is 23.5 Å². The number of carbonyl (C=O) groups is 2. The molecule has 1 fully saturated rings. The lowest BCUT2D eigenvalue weighted by atomic mass is 9.87. The van der Waals surface area contributed by atoms with Gasteiger partial charge in [-0.1, -0.05) is 0 Å². The molecule has 0 aliphatic carbocycles. The normalized spacial score (nSPS) is 18.9. The van der Waals surface area contributed by atoms with Crippen molar-refractivity contribution in [2.45, 2.75) is 52.1 Å². The quantitative estimate of drug-likeness (QED) is 0.777. The smallest absolute Gasteiger partial charge is 0.307 e. The third-order valence-electron chi connectivity index (χ3n) is 3.14. The lowest BCUT2D eigenvalue weighted by Gasteiger charge is -2.25. The van der Waals surface area contributed by atoms with Crippen LogP contribution in [0.25, 0.3) is 0 Å². The van der Waals surface area contributed by atoms with E-state index in [0.717, 1.165) is 12.8 Å². The van der Waals surface area contributed by atoms with Gasteiger partial charge in [0.2, 0.25) is 0 Å². The van der Waals surface area contributed by atoms with Crippen molar-refractivity contribution in [3.63, 3.8) is 0 Å². The Labute approximate surface area is 114 Å². The molecule has 0 bridgehead atoms. The minimum Gasteiger partial charge on any atom is -0.481 e. The largest absolute Gasteiger partial charge is 0.481 e. The van der Waals surface area contributed by atoms with Gasteiger partial charge in [-0.25, -0.2) is 0 Å². The Kier molecular flexibility index (Phi) is 5.79. The highest BCUT2D eigenvalue weighted by atomic mass is 16.6. The van der Waals surface area contributed by atoms with Crippen LogP contribution < -0.4 is 0 Å². The molecule has 0 aromatic carbocycles. The SMILES string of the molecule is CC(C)(C)OC(=O)C[C@@H](CC1CCOCC1)C(=O)O. The molecule has 110 valence electrons. The predicted octanol–water partition coefficient (Wildman–Crippen LogP) is 2.24. The molecule has 1 N–H and O–H groups in total. The summed E-state index contributed by atoms with van der Waals surface area (Å²) in [6.45, 7) is 6.70. The van der Waals surface area contributed by atoms with Crippen molar-refractivity contribution in [3.8, 4) is 0 Å². The first-order valence-corrected chi connectivity index (χ1v) is 6.80. The summed E-state index contributed by atoms with van der Waals surface area (Å²) < 4.78 is 10.4. The van der Waals surface area contributed by atoms with Crippen LogP contribution >= 0.6 is 0 Å². The maximum Gasteiger partial charge on any atom is 0.307 e. The van der Waals surface area contributed by atoms with E-state index in [0.29, 0.717) is 25.6 Å². The molecular formula is C14H24O5. The second kappa shape index (κ2) is 6.89. The van der Waals surface area contributed by atoms with Gasteiger partial charge in [0.15, 0.2) is 0 Å². The molecule has 0 amide bonds. The molecule has 0 aromatic heterocycles. The Hall–Kier alpha value is -1.10. The average molecular weight is 272 g/mol. The second-order valence-corrected chi connectivity index (χ2v) is 6.12. The molecule has 0 unspecified atom stereocenters. The summed E-state index contributed by atoms with van der Waals surface area (Å²) in [7, 11) is 0. The van der Waals surface area contributed by atoms with Gasteiger partial charge >= 0.3 is 11.9 Å². The summed E-state index contributed by atoms with van der Waals surface area (Å²) in [6, 6.07) is 0. The number of aliphatic carboxylic acids is 1. The number of hydrogen-bond donors (Lipinski definition) is 1. The minimum absolute atomic E-state index is 0.0516. The summed E-state index contributed by atoms with van der Waals surface area (Å²) >= 11 is 0. The van der Waals surface area contributed by atoms with Crippen LogP contribution in [-0.4, -0.2) is 35.9 Å². The lowest BCUT2D eigenvalue weighted by Crippen LogP contribution is -2.29. The highest BCUT2D eigenvalue weighted by Gasteiger charge is 2.28. The van der Waals surface area contributed by atoms with Crippen LogP contribution in [-0.2, 0) is 19.1 Å². The number of ether oxygens (including phenoxy) is 2. The van der Waals surface area contributed by atoms with Gasteiger partial charge in [-0.3, -0.25) is 9.59 Å². The van der Waals surface area contributed by atoms with E-state index in [2.05, 4.69) is 0 Å². The van der Waals surface area contributed by atoms with Crippen LogP contribution in [0.3, 0.4) is 0 Å². The fourth-order valence-corrected chi connectivity index (χ4v) is 2.24. The molecule has 1 saturated heterocycles. The van der Waals surface area contributed by atoms with Crippen LogP contribution in [0.1, 0.15) is 46.5 Å². The van der Waals surface area contributed by atoms with Crippen molar-refractivity contribution in [1.29, 1.82) is 0 Å². The Morgan fingerprint density at radius 1 is 1.32 bits per heavy atom. The molecule has 0 radical (unpaired) electrons. The first-order chi connectivity index (χ1) is 8.78. The van der Waals surface area contributed by atoms with Gasteiger partial charge in [0.25, 0.3) is 0 Å². The van der Waals surface area contributed by atoms with Gasteiger partial charge in [0, 0.05) is 13.2 Å². The van der Waals surface area contributed by atoms with Crippen LogP contribution in [0.5, 0.6) is 0 Å². The molecule has 5 heteroatoms. The number of carboxylic acids is 1. The van der Waals surface area contributed by atoms with Gasteiger partial charge in [0.1, 0.15) is 5.60 Å². The Bertz CT molecular complexity index is 312. The summed E-state index contributed by atoms with van der Waals surface area (Å²) in [5, 5.41) is 9.21. The monoisotopic (exact) mass is 272 g/mol. The zero-order valence-electron chi connectivity index (χ0n) is 12.0. The average Bonchev–Trinajstić information content (AvgIpc) is 2.26. The lowest BCUT2D eigenvalue weighted by molar-refractivity contribution is -0.160. The van der Waals surface area contributed by atoms with E-state index in [1.807, 2.05) is 0 Å². The van der Waals surface area contributed by atoms with Crippen molar-refractivity contribution >= 4 is 11.9 Å². The van der Waals surface area contributed by atoms with Crippen LogP contribution in [0.2, 0.25) is 0 Å². The van der Waals surface area contributed by atoms with Crippen molar-refractivity contribution in [2.24, 2.45) is 11.8 Å². The van der Waals surface area contributed by atoms with Gasteiger partial charge in [-0.15, -0.1) is 0 Å². The van der Waals surface area contributed by atoms with E-state index in [-0.39, 0.29) is 6.42 Å². The second-order valence-electron chi connectivity index (χ2n) is 6.12. The highest BCUT2D eigenvalue weighted by molar-refractivity contribution is 5.78. The number of hydrogen-bond acceptors (Lipinski definition) is 4. The molecule has 0 spiro atoms. The number of esters is 1. The van der Waals surface area contributed by atoms with Crippen molar-refractivity contribution in [2.75, 3.05) is 13.2 Å². The van der Waals surface area contributed by atoms with Crippen molar-refractivity contribution < 1.29 is 24.2 Å². The highest BCUT2D eigenvalue weighted by Crippen LogP contribution is 2.25. The summed E-state index contributed by atoms with van der Waals surface area (Å²) in [5.74, 6) is -1.68. The molecule has 19 heavy (non-hydrogen) atoms. The van der Waals surface area contributed by atoms with E-state index in [9.17, 15) is 14.7 Å². The summed E-state index contributed by atoms with van der Waals surface area (Å²) in [4.78, 5) is 22.9. The Morgan fingerprint density at radius 3 is 2.37 bits per heavy atom. The van der Waals surface area contributed by atoms with E-state index in [1.54, 1.807) is 20.8 Å². The maximum atomic E-state index is 11.7. The third-order valence-corrected chi connectivity index (χ3v) is 3.14. The predicted molar refractivity (Wildman–Crippen MR) is 69.7 cm³/mol. The molecular weight excluding hydrogens is 248 g/mol. The molecule has 1 aliphatic heterocycles. The van der Waals surface area contributed by atoms with E-state index >= 15 is 0 Å². The zero-order chi connectivity index (χ0) is 14.5. The molecule has 1 aliphatic rings.